The summed E-state index contributed by atoms with van der Waals surface area (Å²) in [4.78, 5) is 15.8. The van der Waals surface area contributed by atoms with Crippen molar-refractivity contribution in [3.8, 4) is 0 Å². The number of rotatable bonds is 4. The molecule has 1 aromatic heterocycles. The Morgan fingerprint density at radius 1 is 1.29 bits per heavy atom. The second-order valence-electron chi connectivity index (χ2n) is 6.39. The number of benzene rings is 1. The number of thiophene rings is 1. The van der Waals surface area contributed by atoms with E-state index in [4.69, 9.17) is 4.74 Å². The van der Waals surface area contributed by atoms with Gasteiger partial charge in [0.25, 0.3) is 0 Å². The summed E-state index contributed by atoms with van der Waals surface area (Å²) in [6.07, 6.45) is 0.835. The van der Waals surface area contributed by atoms with Gasteiger partial charge in [0.1, 0.15) is 6.10 Å². The Bertz CT molecular complexity index is 645. The van der Waals surface area contributed by atoms with Gasteiger partial charge in [-0.15, -0.1) is 11.3 Å². The van der Waals surface area contributed by atoms with E-state index >= 15 is 0 Å². The van der Waals surface area contributed by atoms with Crippen LogP contribution in [0.4, 0.5) is 4.79 Å². The van der Waals surface area contributed by atoms with Crippen LogP contribution in [0.25, 0.3) is 0 Å². The van der Waals surface area contributed by atoms with Crippen LogP contribution in [0.15, 0.2) is 47.8 Å². The van der Waals surface area contributed by atoms with Crippen molar-refractivity contribution < 1.29 is 9.53 Å². The van der Waals surface area contributed by atoms with Crippen molar-refractivity contribution in [2.45, 2.75) is 38.5 Å². The highest BCUT2D eigenvalue weighted by molar-refractivity contribution is 7.09. The third-order valence-corrected chi connectivity index (χ3v) is 5.07. The maximum atomic E-state index is 12.6. The van der Waals surface area contributed by atoms with Gasteiger partial charge in [-0.1, -0.05) is 36.4 Å². The molecule has 1 aromatic carbocycles. The first-order valence-electron chi connectivity index (χ1n) is 8.40. The van der Waals surface area contributed by atoms with Crippen LogP contribution in [0, 0.1) is 0 Å². The molecule has 2 amide bonds. The van der Waals surface area contributed by atoms with Crippen LogP contribution in [0.1, 0.15) is 30.4 Å². The van der Waals surface area contributed by atoms with E-state index in [1.54, 1.807) is 11.3 Å². The Balaban J connectivity index is 1.59. The van der Waals surface area contributed by atoms with Crippen LogP contribution in [0.3, 0.4) is 0 Å². The number of carbonyl (C=O) groups is 1. The fraction of sp³-hybridized carbons (Fsp3) is 0.421. The van der Waals surface area contributed by atoms with Gasteiger partial charge in [-0.2, -0.15) is 0 Å². The maximum absolute atomic E-state index is 12.6. The predicted octanol–water partition coefficient (Wildman–Crippen LogP) is 3.85. The number of morpholine rings is 1. The van der Waals surface area contributed by atoms with Crippen LogP contribution in [-0.4, -0.2) is 36.2 Å². The minimum atomic E-state index is -0.0618. The minimum Gasteiger partial charge on any atom is -0.367 e. The van der Waals surface area contributed by atoms with Crippen molar-refractivity contribution in [1.29, 1.82) is 0 Å². The molecule has 0 spiro atoms. The van der Waals surface area contributed by atoms with Gasteiger partial charge in [0, 0.05) is 23.9 Å². The molecule has 0 radical (unpaired) electrons. The van der Waals surface area contributed by atoms with Gasteiger partial charge in [0.15, 0.2) is 0 Å². The van der Waals surface area contributed by atoms with E-state index in [0.717, 1.165) is 12.0 Å². The van der Waals surface area contributed by atoms with Crippen LogP contribution >= 0.6 is 11.3 Å². The molecule has 3 rings (SSSR count). The smallest absolute Gasteiger partial charge is 0.317 e. The summed E-state index contributed by atoms with van der Waals surface area (Å²) >= 11 is 1.73. The van der Waals surface area contributed by atoms with Crippen molar-refractivity contribution in [3.63, 3.8) is 0 Å². The number of hydrogen-bond donors (Lipinski definition) is 1. The number of hydrogen-bond acceptors (Lipinski definition) is 3. The molecule has 1 fully saturated rings. The molecular formula is C19H24N2O2S. The first-order chi connectivity index (χ1) is 11.6. The number of nitrogens with zero attached hydrogens (tertiary/aromatic N) is 1. The van der Waals surface area contributed by atoms with Crippen molar-refractivity contribution in [2.24, 2.45) is 0 Å². The normalized spacial score (nSPS) is 22.2. The molecule has 3 atom stereocenters. The van der Waals surface area contributed by atoms with Gasteiger partial charge in [-0.3, -0.25) is 0 Å². The highest BCUT2D eigenvalue weighted by Crippen LogP contribution is 2.25. The molecule has 0 unspecified atom stereocenters. The van der Waals surface area contributed by atoms with Gasteiger partial charge < -0.3 is 15.0 Å². The molecule has 1 saturated heterocycles. The molecule has 2 aromatic rings. The second kappa shape index (κ2) is 7.81. The molecule has 0 bridgehead atoms. The Labute approximate surface area is 147 Å². The average Bonchev–Trinajstić information content (AvgIpc) is 3.08. The molecule has 128 valence electrons. The molecule has 5 heteroatoms. The fourth-order valence-corrected chi connectivity index (χ4v) is 3.89. The first kappa shape index (κ1) is 17.0. The summed E-state index contributed by atoms with van der Waals surface area (Å²) < 4.78 is 6.02. The zero-order valence-corrected chi connectivity index (χ0v) is 15.0. The lowest BCUT2D eigenvalue weighted by Crippen LogP contribution is -2.51. The maximum Gasteiger partial charge on any atom is 0.317 e. The molecule has 0 saturated carbocycles. The SMILES string of the molecule is C[C@H](Cc1cccs1)NC(=O)N1C[C@@H](c2ccccc2)O[C@@H](C)C1. The summed E-state index contributed by atoms with van der Waals surface area (Å²) in [6, 6.07) is 14.4. The van der Waals surface area contributed by atoms with Gasteiger partial charge in [-0.05, 0) is 30.9 Å². The zero-order valence-electron chi connectivity index (χ0n) is 14.1. The van der Waals surface area contributed by atoms with E-state index in [0.29, 0.717) is 13.1 Å². The quantitative estimate of drug-likeness (QED) is 0.915. The molecule has 2 heterocycles. The van der Waals surface area contributed by atoms with E-state index in [9.17, 15) is 4.79 Å². The van der Waals surface area contributed by atoms with E-state index in [-0.39, 0.29) is 24.3 Å². The van der Waals surface area contributed by atoms with E-state index in [1.807, 2.05) is 36.1 Å². The van der Waals surface area contributed by atoms with Crippen molar-refractivity contribution in [1.82, 2.24) is 10.2 Å². The topological polar surface area (TPSA) is 41.6 Å². The van der Waals surface area contributed by atoms with Gasteiger partial charge >= 0.3 is 6.03 Å². The van der Waals surface area contributed by atoms with Gasteiger partial charge in [0.2, 0.25) is 0 Å². The highest BCUT2D eigenvalue weighted by Gasteiger charge is 2.29. The molecule has 1 aliphatic rings. The lowest BCUT2D eigenvalue weighted by molar-refractivity contribution is -0.0658. The summed E-state index contributed by atoms with van der Waals surface area (Å²) in [7, 11) is 0. The number of carbonyl (C=O) groups excluding carboxylic acids is 1. The van der Waals surface area contributed by atoms with Gasteiger partial charge in [-0.25, -0.2) is 4.79 Å². The largest absolute Gasteiger partial charge is 0.367 e. The van der Waals surface area contributed by atoms with Gasteiger partial charge in [0.05, 0.1) is 12.6 Å². The lowest BCUT2D eigenvalue weighted by atomic mass is 10.1. The summed E-state index contributed by atoms with van der Waals surface area (Å²) in [5.74, 6) is 0. The van der Waals surface area contributed by atoms with E-state index in [2.05, 4.69) is 35.8 Å². The van der Waals surface area contributed by atoms with Crippen LogP contribution in [0.2, 0.25) is 0 Å². The predicted molar refractivity (Wildman–Crippen MR) is 97.3 cm³/mol. The fourth-order valence-electron chi connectivity index (χ4n) is 3.05. The second-order valence-corrected chi connectivity index (χ2v) is 7.42. The Morgan fingerprint density at radius 2 is 2.08 bits per heavy atom. The third-order valence-electron chi connectivity index (χ3n) is 4.18. The van der Waals surface area contributed by atoms with Crippen LogP contribution < -0.4 is 5.32 Å². The molecule has 24 heavy (non-hydrogen) atoms. The van der Waals surface area contributed by atoms with Crippen molar-refractivity contribution in [2.75, 3.05) is 13.1 Å². The summed E-state index contributed by atoms with van der Waals surface area (Å²) in [5.41, 5.74) is 1.12. The summed E-state index contributed by atoms with van der Waals surface area (Å²) in [6.45, 7) is 5.29. The van der Waals surface area contributed by atoms with Crippen molar-refractivity contribution in [3.05, 3.63) is 58.3 Å². The molecule has 1 N–H and O–H groups in total. The average molecular weight is 344 g/mol. The third kappa shape index (κ3) is 4.36. The Hall–Kier alpha value is -1.85. The molecule has 4 nitrogen and oxygen atoms in total. The molecular weight excluding hydrogens is 320 g/mol. The standard InChI is InChI=1S/C19H24N2O2S/c1-14(11-17-9-6-10-24-17)20-19(22)21-12-15(2)23-18(13-21)16-7-4-3-5-8-16/h3-10,14-15,18H,11-13H2,1-2H3,(H,20,22)/t14-,15+,18+/m1/s1. The number of nitrogens with one attached hydrogen (secondary N) is 1. The van der Waals surface area contributed by atoms with E-state index < -0.39 is 0 Å². The van der Waals surface area contributed by atoms with E-state index in [1.165, 1.54) is 4.88 Å². The lowest BCUT2D eigenvalue weighted by Gasteiger charge is -2.37. The minimum absolute atomic E-state index is 0.00450. The molecule has 1 aliphatic heterocycles. The number of ether oxygens (including phenoxy) is 1. The molecule has 0 aliphatic carbocycles. The highest BCUT2D eigenvalue weighted by atomic mass is 32.1. The number of amides is 2. The van der Waals surface area contributed by atoms with Crippen LogP contribution in [0.5, 0.6) is 0 Å². The number of urea groups is 1. The Kier molecular flexibility index (Phi) is 5.53. The first-order valence-corrected chi connectivity index (χ1v) is 9.28. The van der Waals surface area contributed by atoms with Crippen molar-refractivity contribution >= 4 is 17.4 Å². The summed E-state index contributed by atoms with van der Waals surface area (Å²) in [5, 5.41) is 5.19. The monoisotopic (exact) mass is 344 g/mol. The Morgan fingerprint density at radius 3 is 2.79 bits per heavy atom. The zero-order chi connectivity index (χ0) is 16.9. The van der Waals surface area contributed by atoms with Crippen LogP contribution in [-0.2, 0) is 11.2 Å².